The maximum absolute atomic E-state index is 12.4. The summed E-state index contributed by atoms with van der Waals surface area (Å²) in [6.45, 7) is 3.99. The van der Waals surface area contributed by atoms with Gasteiger partial charge in [0.05, 0.1) is 0 Å². The molecule has 2 nitrogen and oxygen atoms in total. The molecule has 0 aliphatic carbocycles. The molecule has 15 heavy (non-hydrogen) atoms. The number of thiophene rings is 1. The van der Waals surface area contributed by atoms with Gasteiger partial charge in [-0.05, 0) is 30.8 Å². The van der Waals surface area contributed by atoms with E-state index >= 15 is 0 Å². The molecule has 2 heterocycles. The Morgan fingerprint density at radius 1 is 1.67 bits per heavy atom. The second-order valence-corrected chi connectivity index (χ2v) is 5.08. The average molecular weight is 223 g/mol. The first kappa shape index (κ1) is 10.8. The van der Waals surface area contributed by atoms with Gasteiger partial charge in [-0.2, -0.15) is 11.3 Å². The summed E-state index contributed by atoms with van der Waals surface area (Å²) in [5.74, 6) is 0.343. The summed E-state index contributed by atoms with van der Waals surface area (Å²) in [5, 5.41) is 7.28. The standard InChI is InChI=1S/C12H17NOS/c1-2-4-12(5-6-13-9-12)11(14)10-3-7-15-8-10/h3,7-8,13H,2,4-6,9H2,1H3. The molecule has 1 saturated heterocycles. The molecule has 1 aliphatic heterocycles. The molecule has 0 aromatic carbocycles. The second kappa shape index (κ2) is 4.45. The maximum Gasteiger partial charge on any atom is 0.171 e. The SMILES string of the molecule is CCCC1(C(=O)c2ccsc2)CCNC1. The van der Waals surface area contributed by atoms with Crippen LogP contribution in [0.5, 0.6) is 0 Å². The van der Waals surface area contributed by atoms with Crippen molar-refractivity contribution in [2.45, 2.75) is 26.2 Å². The number of ketones is 1. The smallest absolute Gasteiger partial charge is 0.171 e. The van der Waals surface area contributed by atoms with Crippen LogP contribution in [0.15, 0.2) is 16.8 Å². The molecule has 82 valence electrons. The predicted molar refractivity (Wildman–Crippen MR) is 63.5 cm³/mol. The van der Waals surface area contributed by atoms with Gasteiger partial charge < -0.3 is 5.32 Å². The zero-order valence-electron chi connectivity index (χ0n) is 9.08. The lowest BCUT2D eigenvalue weighted by Gasteiger charge is -2.25. The van der Waals surface area contributed by atoms with Crippen LogP contribution in [-0.4, -0.2) is 18.9 Å². The van der Waals surface area contributed by atoms with Gasteiger partial charge in [0.1, 0.15) is 0 Å². The highest BCUT2D eigenvalue weighted by atomic mass is 32.1. The van der Waals surface area contributed by atoms with Gasteiger partial charge in [-0.1, -0.05) is 13.3 Å². The number of carbonyl (C=O) groups is 1. The van der Waals surface area contributed by atoms with Crippen LogP contribution >= 0.6 is 11.3 Å². The lowest BCUT2D eigenvalue weighted by Crippen LogP contribution is -2.33. The lowest BCUT2D eigenvalue weighted by atomic mass is 9.76. The quantitative estimate of drug-likeness (QED) is 0.795. The molecule has 0 saturated carbocycles. The Balaban J connectivity index is 2.21. The van der Waals surface area contributed by atoms with E-state index < -0.39 is 0 Å². The summed E-state index contributed by atoms with van der Waals surface area (Å²) in [7, 11) is 0. The molecular formula is C12H17NOS. The van der Waals surface area contributed by atoms with Crippen molar-refractivity contribution in [3.63, 3.8) is 0 Å². The fourth-order valence-electron chi connectivity index (χ4n) is 2.44. The number of Topliss-reactive ketones (excluding diaryl/α,β-unsaturated/α-hetero) is 1. The summed E-state index contributed by atoms with van der Waals surface area (Å²) in [4.78, 5) is 12.4. The van der Waals surface area contributed by atoms with Crippen molar-refractivity contribution in [3.05, 3.63) is 22.4 Å². The molecule has 0 amide bonds. The molecule has 2 rings (SSSR count). The highest BCUT2D eigenvalue weighted by molar-refractivity contribution is 7.08. The van der Waals surface area contributed by atoms with Gasteiger partial charge in [-0.3, -0.25) is 4.79 Å². The second-order valence-electron chi connectivity index (χ2n) is 4.30. The van der Waals surface area contributed by atoms with Gasteiger partial charge in [0, 0.05) is 22.9 Å². The Kier molecular flexibility index (Phi) is 3.22. The summed E-state index contributed by atoms with van der Waals surface area (Å²) < 4.78 is 0. The Labute approximate surface area is 94.7 Å². The van der Waals surface area contributed by atoms with Crippen LogP contribution in [0.4, 0.5) is 0 Å². The molecule has 1 aliphatic rings. The van der Waals surface area contributed by atoms with Gasteiger partial charge in [0.2, 0.25) is 0 Å². The van der Waals surface area contributed by atoms with E-state index in [4.69, 9.17) is 0 Å². The van der Waals surface area contributed by atoms with Gasteiger partial charge in [-0.25, -0.2) is 0 Å². The lowest BCUT2D eigenvalue weighted by molar-refractivity contribution is 0.0802. The summed E-state index contributed by atoms with van der Waals surface area (Å²) in [6, 6.07) is 1.95. The van der Waals surface area contributed by atoms with Crippen molar-refractivity contribution in [1.82, 2.24) is 5.32 Å². The van der Waals surface area contributed by atoms with Crippen LogP contribution in [0.3, 0.4) is 0 Å². The fourth-order valence-corrected chi connectivity index (χ4v) is 3.08. The molecule has 0 radical (unpaired) electrons. The van der Waals surface area contributed by atoms with E-state index in [1.807, 2.05) is 16.8 Å². The van der Waals surface area contributed by atoms with E-state index in [2.05, 4.69) is 12.2 Å². The monoisotopic (exact) mass is 223 g/mol. The molecule has 1 atom stereocenters. The van der Waals surface area contributed by atoms with Crippen LogP contribution in [0.2, 0.25) is 0 Å². The van der Waals surface area contributed by atoms with Crippen molar-refractivity contribution in [2.75, 3.05) is 13.1 Å². The maximum atomic E-state index is 12.4. The number of rotatable bonds is 4. The highest BCUT2D eigenvalue weighted by Gasteiger charge is 2.40. The van der Waals surface area contributed by atoms with Gasteiger partial charge >= 0.3 is 0 Å². The van der Waals surface area contributed by atoms with Crippen LogP contribution in [0, 0.1) is 5.41 Å². The summed E-state index contributed by atoms with van der Waals surface area (Å²) in [6.07, 6.45) is 3.09. The minimum atomic E-state index is -0.115. The number of hydrogen-bond acceptors (Lipinski definition) is 3. The Morgan fingerprint density at radius 3 is 3.07 bits per heavy atom. The van der Waals surface area contributed by atoms with Gasteiger partial charge in [0.25, 0.3) is 0 Å². The number of nitrogens with one attached hydrogen (secondary N) is 1. The van der Waals surface area contributed by atoms with E-state index in [0.717, 1.165) is 37.9 Å². The third-order valence-electron chi connectivity index (χ3n) is 3.24. The molecule has 1 fully saturated rings. The van der Waals surface area contributed by atoms with E-state index in [-0.39, 0.29) is 5.41 Å². The largest absolute Gasteiger partial charge is 0.316 e. The molecule has 1 N–H and O–H groups in total. The predicted octanol–water partition coefficient (Wildman–Crippen LogP) is 2.71. The summed E-state index contributed by atoms with van der Waals surface area (Å²) >= 11 is 1.60. The zero-order valence-corrected chi connectivity index (χ0v) is 9.90. The van der Waals surface area contributed by atoms with Crippen LogP contribution in [0.1, 0.15) is 36.5 Å². The van der Waals surface area contributed by atoms with E-state index in [9.17, 15) is 4.79 Å². The minimum Gasteiger partial charge on any atom is -0.316 e. The molecule has 3 heteroatoms. The Morgan fingerprint density at radius 2 is 2.53 bits per heavy atom. The van der Waals surface area contributed by atoms with Crippen molar-refractivity contribution >= 4 is 17.1 Å². The minimum absolute atomic E-state index is 0.115. The van der Waals surface area contributed by atoms with Crippen molar-refractivity contribution in [2.24, 2.45) is 5.41 Å². The Bertz CT molecular complexity index is 325. The summed E-state index contributed by atoms with van der Waals surface area (Å²) in [5.41, 5.74) is 0.785. The van der Waals surface area contributed by atoms with Crippen molar-refractivity contribution < 1.29 is 4.79 Å². The van der Waals surface area contributed by atoms with Gasteiger partial charge in [0.15, 0.2) is 5.78 Å². The molecular weight excluding hydrogens is 206 g/mol. The molecule has 0 bridgehead atoms. The molecule has 0 spiro atoms. The van der Waals surface area contributed by atoms with Crippen molar-refractivity contribution in [1.29, 1.82) is 0 Å². The van der Waals surface area contributed by atoms with Crippen molar-refractivity contribution in [3.8, 4) is 0 Å². The van der Waals surface area contributed by atoms with Crippen LogP contribution in [-0.2, 0) is 0 Å². The van der Waals surface area contributed by atoms with Gasteiger partial charge in [-0.15, -0.1) is 0 Å². The topological polar surface area (TPSA) is 29.1 Å². The molecule has 1 aromatic rings. The van der Waals surface area contributed by atoms with E-state index in [0.29, 0.717) is 5.78 Å². The third kappa shape index (κ3) is 1.99. The van der Waals surface area contributed by atoms with E-state index in [1.54, 1.807) is 11.3 Å². The zero-order chi connectivity index (χ0) is 10.7. The fraction of sp³-hybridized carbons (Fsp3) is 0.583. The Hall–Kier alpha value is -0.670. The third-order valence-corrected chi connectivity index (χ3v) is 3.92. The normalized spacial score (nSPS) is 25.7. The first-order valence-electron chi connectivity index (χ1n) is 5.56. The molecule has 1 aromatic heterocycles. The van der Waals surface area contributed by atoms with Crippen LogP contribution < -0.4 is 5.32 Å². The van der Waals surface area contributed by atoms with E-state index in [1.165, 1.54) is 0 Å². The number of carbonyl (C=O) groups excluding carboxylic acids is 1. The molecule has 1 unspecified atom stereocenters. The highest BCUT2D eigenvalue weighted by Crippen LogP contribution is 2.35. The number of hydrogen-bond donors (Lipinski definition) is 1. The van der Waals surface area contributed by atoms with Crippen LogP contribution in [0.25, 0.3) is 0 Å². The average Bonchev–Trinajstić information content (AvgIpc) is 2.88. The first-order chi connectivity index (χ1) is 7.28. The first-order valence-corrected chi connectivity index (χ1v) is 6.50.